The molecule has 6 N–H and O–H groups in total. The monoisotopic (exact) mass is 807 g/mol. The first-order chi connectivity index (χ1) is 26.7. The van der Waals surface area contributed by atoms with Gasteiger partial charge in [0.25, 0.3) is 11.8 Å². The van der Waals surface area contributed by atoms with Gasteiger partial charge in [-0.05, 0) is 67.8 Å². The van der Waals surface area contributed by atoms with Crippen LogP contribution in [0.4, 0.5) is 13.2 Å². The number of ether oxygens (including phenoxy) is 1. The van der Waals surface area contributed by atoms with Crippen LogP contribution in [0.25, 0.3) is 0 Å². The number of fused-ring (bicyclic) bond motifs is 1. The summed E-state index contributed by atoms with van der Waals surface area (Å²) >= 11 is 6.09. The molecule has 0 fully saturated rings. The third-order valence-electron chi connectivity index (χ3n) is 8.16. The number of carbonyl (C=O) groups excluding carboxylic acids is 3. The van der Waals surface area contributed by atoms with Crippen LogP contribution in [0.15, 0.2) is 57.9 Å². The van der Waals surface area contributed by atoms with Crippen LogP contribution >= 0.6 is 11.6 Å². The van der Waals surface area contributed by atoms with Gasteiger partial charge in [-0.3, -0.25) is 24.5 Å². The van der Waals surface area contributed by atoms with Crippen molar-refractivity contribution >= 4 is 43.3 Å². The Labute approximate surface area is 331 Å². The number of hydrogen-bond donors (Lipinski definition) is 5. The number of aromatic nitrogens is 2. The minimum Gasteiger partial charge on any atom is -0.504 e. The molecular weight excluding hydrogens is 755 g/mol. The third kappa shape index (κ3) is 14.0. The fourth-order valence-corrected chi connectivity index (χ4v) is 5.65. The van der Waals surface area contributed by atoms with Gasteiger partial charge in [-0.15, -0.1) is 0 Å². The molecule has 0 unspecified atom stereocenters. The largest absolute Gasteiger partial charge is 0.504 e. The maximum Gasteiger partial charge on any atom is 0.416 e. The van der Waals surface area contributed by atoms with Gasteiger partial charge in [0.2, 0.25) is 6.41 Å². The van der Waals surface area contributed by atoms with Gasteiger partial charge in [0, 0.05) is 44.1 Å². The number of allylic oxidation sites excluding steroid dienone is 1. The van der Waals surface area contributed by atoms with E-state index < -0.39 is 23.6 Å². The van der Waals surface area contributed by atoms with Gasteiger partial charge in [0.1, 0.15) is 11.4 Å². The number of aliphatic imine (C=N–C) groups is 1. The Morgan fingerprint density at radius 1 is 1.18 bits per heavy atom. The minimum absolute atomic E-state index is 0.0719. The van der Waals surface area contributed by atoms with Gasteiger partial charge in [0.05, 0.1) is 31.9 Å². The van der Waals surface area contributed by atoms with Gasteiger partial charge in [-0.25, -0.2) is 5.01 Å². The zero-order valence-electron chi connectivity index (χ0n) is 32.7. The molecule has 308 valence electrons. The standard InChI is InChI=1S/C24H31ClF3N7O3.C11H13NO.C2H6.CH3NO/c1-6-18(29-4)20(34(7-2)11-10-31-22(37)19-21(36)14(3)32-33-19)23(38)35(30-5)13-15-8-9-16(12-17(15)25)24(26,27)28;1-12-7-9-3-2-4-10-8-13-6-5-11(9)10;1-2;2-1-3/h8-9,12,29,36H,5-7,10-11,13H2,1-4H3,(H,31,37)(H,32,33);2-4H,1,5-8H2;1-2H3;1H,(H2,2,3)/b20-18+;;;. The molecule has 0 saturated carbocycles. The molecule has 0 spiro atoms. The average molecular weight is 808 g/mol. The van der Waals surface area contributed by atoms with Gasteiger partial charge in [-0.2, -0.15) is 23.4 Å². The van der Waals surface area contributed by atoms with Crippen molar-refractivity contribution in [1.29, 1.82) is 0 Å². The molecule has 1 aliphatic rings. The molecule has 0 radical (unpaired) electrons. The molecule has 0 aliphatic carbocycles. The molecule has 2 aromatic carbocycles. The highest BCUT2D eigenvalue weighted by molar-refractivity contribution is 6.31. The molecule has 56 heavy (non-hydrogen) atoms. The number of nitrogens with one attached hydrogen (secondary N) is 3. The number of carbonyl (C=O) groups is 3. The van der Waals surface area contributed by atoms with E-state index >= 15 is 0 Å². The molecule has 14 nitrogen and oxygen atoms in total. The Bertz CT molecular complexity index is 1780. The topological polar surface area (TPSA) is 191 Å². The molecule has 0 saturated heterocycles. The second-order valence-corrected chi connectivity index (χ2v) is 11.9. The van der Waals surface area contributed by atoms with E-state index in [1.807, 2.05) is 27.7 Å². The smallest absolute Gasteiger partial charge is 0.416 e. The molecule has 4 rings (SSSR count). The fraction of sp³-hybridized carbons (Fsp3) is 0.421. The molecular formula is C38H53ClF3N9O5. The summed E-state index contributed by atoms with van der Waals surface area (Å²) in [5.41, 5.74) is 8.60. The number of halogens is 4. The van der Waals surface area contributed by atoms with Crippen molar-refractivity contribution in [3.63, 3.8) is 0 Å². The number of H-pyrrole nitrogens is 1. The Hall–Kier alpha value is -5.42. The first kappa shape index (κ1) is 48.6. The molecule has 1 aromatic heterocycles. The summed E-state index contributed by atoms with van der Waals surface area (Å²) in [7, 11) is 1.66. The molecule has 1 aliphatic heterocycles. The number of primary amides is 1. The molecule has 3 amide bonds. The molecule has 18 heteroatoms. The van der Waals surface area contributed by atoms with E-state index in [9.17, 15) is 27.9 Å². The number of likely N-dealkylation sites (N-methyl/N-ethyl adjacent to an activating group) is 1. The number of aromatic amines is 1. The van der Waals surface area contributed by atoms with Gasteiger partial charge in [0.15, 0.2) is 11.4 Å². The number of rotatable bonds is 14. The van der Waals surface area contributed by atoms with Gasteiger partial charge >= 0.3 is 6.18 Å². The van der Waals surface area contributed by atoms with Crippen LogP contribution < -0.4 is 16.4 Å². The first-order valence-corrected chi connectivity index (χ1v) is 18.2. The molecule has 0 bridgehead atoms. The zero-order chi connectivity index (χ0) is 42.4. The number of nitrogens with two attached hydrogens (primary N) is 1. The number of nitrogens with zero attached hydrogens (tertiary/aromatic N) is 5. The lowest BCUT2D eigenvalue weighted by molar-refractivity contribution is -0.137. The number of aryl methyl sites for hydroxylation is 1. The summed E-state index contributed by atoms with van der Waals surface area (Å²) in [4.78, 5) is 40.3. The van der Waals surface area contributed by atoms with Crippen molar-refractivity contribution in [3.05, 3.63) is 92.0 Å². The Balaban J connectivity index is 0.000000714. The van der Waals surface area contributed by atoms with Crippen LogP contribution in [-0.4, -0.2) is 90.2 Å². The number of alkyl halides is 3. The van der Waals surface area contributed by atoms with Crippen molar-refractivity contribution in [2.24, 2.45) is 15.8 Å². The summed E-state index contributed by atoms with van der Waals surface area (Å²) < 4.78 is 44.4. The number of amides is 3. The lowest BCUT2D eigenvalue weighted by Crippen LogP contribution is -2.41. The second-order valence-electron chi connectivity index (χ2n) is 11.5. The first-order valence-electron chi connectivity index (χ1n) is 17.8. The number of hydrazone groups is 1. The van der Waals surface area contributed by atoms with E-state index in [1.165, 1.54) is 22.8 Å². The van der Waals surface area contributed by atoms with Crippen LogP contribution in [0.5, 0.6) is 5.75 Å². The van der Waals surface area contributed by atoms with Crippen molar-refractivity contribution in [1.82, 2.24) is 30.7 Å². The summed E-state index contributed by atoms with van der Waals surface area (Å²) in [5.74, 6) is -1.37. The quantitative estimate of drug-likeness (QED) is 0.0592. The predicted molar refractivity (Wildman–Crippen MR) is 212 cm³/mol. The summed E-state index contributed by atoms with van der Waals surface area (Å²) in [6.07, 6.45) is -2.84. The van der Waals surface area contributed by atoms with E-state index in [-0.39, 0.29) is 59.5 Å². The predicted octanol–water partition coefficient (Wildman–Crippen LogP) is 5.72. The highest BCUT2D eigenvalue weighted by Gasteiger charge is 2.32. The lowest BCUT2D eigenvalue weighted by Gasteiger charge is -2.30. The van der Waals surface area contributed by atoms with E-state index in [0.29, 0.717) is 18.7 Å². The van der Waals surface area contributed by atoms with Crippen LogP contribution in [0.1, 0.15) is 78.1 Å². The molecule has 3 aromatic rings. The van der Waals surface area contributed by atoms with Gasteiger partial charge < -0.3 is 31.1 Å². The maximum absolute atomic E-state index is 13.6. The van der Waals surface area contributed by atoms with E-state index in [4.69, 9.17) is 21.1 Å². The fourth-order valence-electron chi connectivity index (χ4n) is 5.41. The molecule has 2 heterocycles. The van der Waals surface area contributed by atoms with E-state index in [0.717, 1.165) is 43.3 Å². The SMILES string of the molecule is C=NCc1cccc2c1CCOC2.C=NN(Cc1ccc(C(F)(F)F)cc1Cl)C(=O)/C(=C(/CC)NC)N(CC)CCNC(=O)c1[nH]nc(C)c1O.CC.NC=O. The van der Waals surface area contributed by atoms with E-state index in [2.05, 4.69) is 68.3 Å². The van der Waals surface area contributed by atoms with Crippen LogP contribution in [0, 0.1) is 6.92 Å². The lowest BCUT2D eigenvalue weighted by atomic mass is 9.97. The van der Waals surface area contributed by atoms with Gasteiger partial charge in [-0.1, -0.05) is 56.6 Å². The van der Waals surface area contributed by atoms with Crippen molar-refractivity contribution in [2.75, 3.05) is 33.3 Å². The Kier molecular flexibility index (Phi) is 21.6. The summed E-state index contributed by atoms with van der Waals surface area (Å²) in [5, 5.41) is 26.5. The number of aromatic hydroxyl groups is 1. The Morgan fingerprint density at radius 2 is 1.86 bits per heavy atom. The normalized spacial score (nSPS) is 12.0. The summed E-state index contributed by atoms with van der Waals surface area (Å²) in [6, 6.07) is 9.19. The van der Waals surface area contributed by atoms with Crippen LogP contribution in [-0.2, 0) is 46.6 Å². The highest BCUT2D eigenvalue weighted by atomic mass is 35.5. The maximum atomic E-state index is 13.6. The summed E-state index contributed by atoms with van der Waals surface area (Å²) in [6.45, 7) is 19.0. The van der Waals surface area contributed by atoms with Crippen molar-refractivity contribution < 1.29 is 37.4 Å². The second kappa shape index (κ2) is 24.9. The Morgan fingerprint density at radius 3 is 2.38 bits per heavy atom. The van der Waals surface area contributed by atoms with Crippen molar-refractivity contribution in [3.8, 4) is 5.75 Å². The number of benzene rings is 2. The van der Waals surface area contributed by atoms with E-state index in [1.54, 1.807) is 18.9 Å². The number of hydrogen-bond acceptors (Lipinski definition) is 10. The zero-order valence-corrected chi connectivity index (χ0v) is 33.5. The van der Waals surface area contributed by atoms with Crippen LogP contribution in [0.2, 0.25) is 5.02 Å². The highest BCUT2D eigenvalue weighted by Crippen LogP contribution is 2.33. The minimum atomic E-state index is -4.56. The average Bonchev–Trinajstić information content (AvgIpc) is 3.53. The molecule has 0 atom stereocenters. The third-order valence-corrected chi connectivity index (χ3v) is 8.51. The van der Waals surface area contributed by atoms with Crippen molar-refractivity contribution in [2.45, 2.75) is 73.3 Å². The van der Waals surface area contributed by atoms with Crippen LogP contribution in [0.3, 0.4) is 0 Å².